The fourth-order valence-electron chi connectivity index (χ4n) is 3.44. The maximum atomic E-state index is 5.80. The van der Waals surface area contributed by atoms with Gasteiger partial charge in [-0.25, -0.2) is 9.97 Å². The maximum absolute atomic E-state index is 5.80. The van der Waals surface area contributed by atoms with E-state index in [1.54, 1.807) is 6.20 Å². The van der Waals surface area contributed by atoms with Crippen LogP contribution in [-0.4, -0.2) is 59.2 Å². The van der Waals surface area contributed by atoms with Crippen molar-refractivity contribution in [2.24, 2.45) is 0 Å². The first-order chi connectivity index (χ1) is 13.3. The molecule has 0 N–H and O–H groups in total. The highest BCUT2D eigenvalue weighted by molar-refractivity contribution is 5.38. The van der Waals surface area contributed by atoms with Gasteiger partial charge in [0.2, 0.25) is 5.88 Å². The Morgan fingerprint density at radius 1 is 0.963 bits per heavy atom. The Labute approximate surface area is 162 Å². The predicted octanol–water partition coefficient (Wildman–Crippen LogP) is 2.98. The van der Waals surface area contributed by atoms with Gasteiger partial charge in [0.1, 0.15) is 5.82 Å². The van der Waals surface area contributed by atoms with Crippen molar-refractivity contribution in [3.05, 3.63) is 42.0 Å². The summed E-state index contributed by atoms with van der Waals surface area (Å²) in [5.74, 6) is 1.75. The smallest absolute Gasteiger partial charge is 0.232 e. The van der Waals surface area contributed by atoms with Gasteiger partial charge in [-0.1, -0.05) is 19.9 Å². The van der Waals surface area contributed by atoms with E-state index in [2.05, 4.69) is 50.7 Å². The van der Waals surface area contributed by atoms with Crippen molar-refractivity contribution in [2.75, 3.05) is 44.2 Å². The van der Waals surface area contributed by atoms with Gasteiger partial charge >= 0.3 is 0 Å². The highest BCUT2D eigenvalue weighted by Gasteiger charge is 2.17. The number of piperazine rings is 1. The number of aryl methyl sites for hydroxylation is 2. The molecular formula is C21H31N5O. The minimum Gasteiger partial charge on any atom is -0.477 e. The zero-order valence-electron chi connectivity index (χ0n) is 16.6. The van der Waals surface area contributed by atoms with Crippen molar-refractivity contribution in [1.82, 2.24) is 19.9 Å². The van der Waals surface area contributed by atoms with E-state index in [-0.39, 0.29) is 0 Å². The highest BCUT2D eigenvalue weighted by Crippen LogP contribution is 2.14. The van der Waals surface area contributed by atoms with Gasteiger partial charge in [-0.3, -0.25) is 9.88 Å². The Bertz CT molecular complexity index is 686. The van der Waals surface area contributed by atoms with Crippen molar-refractivity contribution in [1.29, 1.82) is 0 Å². The quantitative estimate of drug-likeness (QED) is 0.634. The maximum Gasteiger partial charge on any atom is 0.232 e. The summed E-state index contributed by atoms with van der Waals surface area (Å²) in [7, 11) is 0. The van der Waals surface area contributed by atoms with Gasteiger partial charge in [0.25, 0.3) is 0 Å². The van der Waals surface area contributed by atoms with E-state index in [4.69, 9.17) is 4.74 Å². The van der Waals surface area contributed by atoms with Crippen LogP contribution in [0.1, 0.15) is 38.1 Å². The van der Waals surface area contributed by atoms with Gasteiger partial charge in [0.05, 0.1) is 24.2 Å². The van der Waals surface area contributed by atoms with Crippen LogP contribution in [0.2, 0.25) is 0 Å². The number of anilines is 1. The third-order valence-corrected chi connectivity index (χ3v) is 5.04. The first-order valence-electron chi connectivity index (χ1n) is 10.2. The van der Waals surface area contributed by atoms with Crippen LogP contribution in [0.15, 0.2) is 30.6 Å². The number of unbranched alkanes of at least 4 members (excludes halogenated alkanes) is 1. The molecule has 0 aliphatic carbocycles. The molecule has 0 bridgehead atoms. The summed E-state index contributed by atoms with van der Waals surface area (Å²) in [4.78, 5) is 18.4. The average molecular weight is 370 g/mol. The molecule has 2 aromatic rings. The number of ether oxygens (including phenoxy) is 1. The summed E-state index contributed by atoms with van der Waals surface area (Å²) in [5.41, 5.74) is 2.13. The van der Waals surface area contributed by atoms with E-state index in [0.717, 1.165) is 75.6 Å². The summed E-state index contributed by atoms with van der Waals surface area (Å²) >= 11 is 0. The lowest BCUT2D eigenvalue weighted by Gasteiger charge is -2.35. The third kappa shape index (κ3) is 5.63. The summed E-state index contributed by atoms with van der Waals surface area (Å²) in [6, 6.07) is 6.11. The second-order valence-corrected chi connectivity index (χ2v) is 6.88. The van der Waals surface area contributed by atoms with Gasteiger partial charge in [-0.15, -0.1) is 0 Å². The largest absolute Gasteiger partial charge is 0.477 e. The van der Waals surface area contributed by atoms with Gasteiger partial charge in [-0.05, 0) is 44.4 Å². The fraction of sp³-hybridized carbons (Fsp3) is 0.571. The van der Waals surface area contributed by atoms with E-state index in [0.29, 0.717) is 12.5 Å². The molecule has 146 valence electrons. The Morgan fingerprint density at radius 2 is 1.78 bits per heavy atom. The number of pyridine rings is 1. The van der Waals surface area contributed by atoms with E-state index >= 15 is 0 Å². The summed E-state index contributed by atoms with van der Waals surface area (Å²) < 4.78 is 5.80. The summed E-state index contributed by atoms with van der Waals surface area (Å²) in [6.45, 7) is 10.3. The van der Waals surface area contributed by atoms with E-state index in [1.165, 1.54) is 0 Å². The number of rotatable bonds is 9. The Hall–Kier alpha value is -2.21. The van der Waals surface area contributed by atoms with Crippen LogP contribution < -0.4 is 9.64 Å². The van der Waals surface area contributed by atoms with Gasteiger partial charge in [0.15, 0.2) is 0 Å². The second-order valence-electron chi connectivity index (χ2n) is 6.88. The number of hydrogen-bond acceptors (Lipinski definition) is 6. The lowest BCUT2D eigenvalue weighted by molar-refractivity contribution is 0.236. The van der Waals surface area contributed by atoms with Gasteiger partial charge in [-0.2, -0.15) is 0 Å². The molecule has 0 unspecified atom stereocenters. The molecule has 6 nitrogen and oxygen atoms in total. The number of nitrogens with zero attached hydrogens (tertiary/aromatic N) is 5. The van der Waals surface area contributed by atoms with Crippen molar-refractivity contribution in [3.8, 4) is 5.88 Å². The van der Waals surface area contributed by atoms with E-state index in [9.17, 15) is 0 Å². The van der Waals surface area contributed by atoms with Crippen LogP contribution in [0.5, 0.6) is 5.88 Å². The number of aromatic nitrogens is 3. The standard InChI is InChI=1S/C21H31N5O/c1-3-18-19(4-2)24-21(17-23-18)27-16-8-7-11-25-12-14-26(15-13-25)20-9-5-6-10-22-20/h5-6,9-10,17H,3-4,7-8,11-16H2,1-2H3. The van der Waals surface area contributed by atoms with Crippen molar-refractivity contribution >= 4 is 5.82 Å². The van der Waals surface area contributed by atoms with Crippen LogP contribution in [0.25, 0.3) is 0 Å². The first-order valence-corrected chi connectivity index (χ1v) is 10.2. The Morgan fingerprint density at radius 3 is 2.48 bits per heavy atom. The van der Waals surface area contributed by atoms with Crippen LogP contribution in [0.4, 0.5) is 5.82 Å². The third-order valence-electron chi connectivity index (χ3n) is 5.04. The van der Waals surface area contributed by atoms with Crippen LogP contribution >= 0.6 is 0 Å². The molecule has 1 saturated heterocycles. The molecule has 1 aliphatic heterocycles. The monoisotopic (exact) mass is 369 g/mol. The van der Waals surface area contributed by atoms with Gasteiger partial charge < -0.3 is 9.64 Å². The van der Waals surface area contributed by atoms with E-state index in [1.807, 2.05) is 12.3 Å². The minimum atomic E-state index is 0.660. The van der Waals surface area contributed by atoms with Crippen molar-refractivity contribution < 1.29 is 4.74 Å². The van der Waals surface area contributed by atoms with Crippen molar-refractivity contribution in [3.63, 3.8) is 0 Å². The highest BCUT2D eigenvalue weighted by atomic mass is 16.5. The van der Waals surface area contributed by atoms with Crippen molar-refractivity contribution in [2.45, 2.75) is 39.5 Å². The van der Waals surface area contributed by atoms with E-state index < -0.39 is 0 Å². The lowest BCUT2D eigenvalue weighted by Crippen LogP contribution is -2.46. The summed E-state index contributed by atoms with van der Waals surface area (Å²) in [6.07, 6.45) is 7.63. The molecule has 0 aromatic carbocycles. The molecule has 0 atom stereocenters. The molecule has 3 rings (SSSR count). The Kier molecular flexibility index (Phi) is 7.39. The topological polar surface area (TPSA) is 54.4 Å². The average Bonchev–Trinajstić information content (AvgIpc) is 2.74. The molecule has 0 radical (unpaired) electrons. The molecule has 1 aliphatic rings. The normalized spacial score (nSPS) is 15.1. The van der Waals surface area contributed by atoms with Crippen LogP contribution in [0, 0.1) is 0 Å². The lowest BCUT2D eigenvalue weighted by atomic mass is 10.2. The molecule has 0 amide bonds. The second kappa shape index (κ2) is 10.2. The zero-order chi connectivity index (χ0) is 18.9. The molecule has 3 heterocycles. The first kappa shape index (κ1) is 19.5. The molecular weight excluding hydrogens is 338 g/mol. The minimum absolute atomic E-state index is 0.660. The van der Waals surface area contributed by atoms with Crippen LogP contribution in [0.3, 0.4) is 0 Å². The zero-order valence-corrected chi connectivity index (χ0v) is 16.6. The molecule has 6 heteroatoms. The molecule has 0 saturated carbocycles. The van der Waals surface area contributed by atoms with Crippen LogP contribution in [-0.2, 0) is 12.8 Å². The molecule has 27 heavy (non-hydrogen) atoms. The summed E-state index contributed by atoms with van der Waals surface area (Å²) in [5, 5.41) is 0. The fourth-order valence-corrected chi connectivity index (χ4v) is 3.44. The molecule has 0 spiro atoms. The predicted molar refractivity (Wildman–Crippen MR) is 108 cm³/mol. The van der Waals surface area contributed by atoms with Gasteiger partial charge in [0, 0.05) is 32.4 Å². The molecule has 1 fully saturated rings. The Balaban J connectivity index is 1.32. The molecule has 2 aromatic heterocycles. The SMILES string of the molecule is CCc1ncc(OCCCCN2CCN(c3ccccn3)CC2)nc1CC. The number of hydrogen-bond donors (Lipinski definition) is 0.